The molecule has 2 aliphatic rings. The quantitative estimate of drug-likeness (QED) is 0.511. The van der Waals surface area contributed by atoms with Gasteiger partial charge in [-0.25, -0.2) is 14.2 Å². The predicted molar refractivity (Wildman–Crippen MR) is 145 cm³/mol. The van der Waals surface area contributed by atoms with E-state index in [9.17, 15) is 18.8 Å². The number of thioether (sulfide) groups is 1. The van der Waals surface area contributed by atoms with Gasteiger partial charge in [-0.3, -0.25) is 18.7 Å². The third kappa shape index (κ3) is 5.51. The van der Waals surface area contributed by atoms with E-state index in [0.717, 1.165) is 36.1 Å². The Morgan fingerprint density at radius 2 is 1.73 bits per heavy atom. The van der Waals surface area contributed by atoms with Crippen LogP contribution in [0.15, 0.2) is 52.2 Å². The third-order valence-corrected chi connectivity index (χ3v) is 8.81. The van der Waals surface area contributed by atoms with Gasteiger partial charge in [0.05, 0.1) is 11.6 Å². The molecule has 2 aromatic heterocycles. The first-order valence-electron chi connectivity index (χ1n) is 13.2. The van der Waals surface area contributed by atoms with Crippen LogP contribution in [0.25, 0.3) is 11.0 Å². The highest BCUT2D eigenvalue weighted by Gasteiger charge is 2.29. The Hall–Kier alpha value is -2.94. The molecule has 0 bridgehead atoms. The van der Waals surface area contributed by atoms with Crippen LogP contribution in [0.4, 0.5) is 4.39 Å². The van der Waals surface area contributed by atoms with Crippen molar-refractivity contribution in [2.75, 3.05) is 11.5 Å². The fourth-order valence-corrected chi connectivity index (χ4v) is 6.82. The van der Waals surface area contributed by atoms with Crippen molar-refractivity contribution in [3.05, 3.63) is 74.8 Å². The molecule has 9 heteroatoms. The van der Waals surface area contributed by atoms with Crippen molar-refractivity contribution in [1.82, 2.24) is 19.4 Å². The second kappa shape index (κ2) is 11.2. The van der Waals surface area contributed by atoms with Crippen LogP contribution in [0.2, 0.25) is 0 Å². The normalized spacial score (nSPS) is 21.6. The molecule has 37 heavy (non-hydrogen) atoms. The van der Waals surface area contributed by atoms with E-state index in [-0.39, 0.29) is 46.7 Å². The molecule has 1 aromatic carbocycles. The minimum Gasteiger partial charge on any atom is -0.353 e. The summed E-state index contributed by atoms with van der Waals surface area (Å²) < 4.78 is 17.1. The molecule has 0 unspecified atom stereocenters. The summed E-state index contributed by atoms with van der Waals surface area (Å²) in [6.45, 7) is 2.05. The van der Waals surface area contributed by atoms with Crippen LogP contribution in [0, 0.1) is 5.82 Å². The molecule has 2 fully saturated rings. The van der Waals surface area contributed by atoms with Crippen LogP contribution in [-0.4, -0.2) is 37.6 Å². The molecule has 1 N–H and O–H groups in total. The standard InChI is InChI=1S/C28H33FN4O3S/c1-18(19-5-3-2-4-6-19)15-25(34)31-21-7-9-22(10-8-21)33-27(35)24-16-20(29)17-30-26(24)32(28(33)36)23-11-13-37-14-12-23/h2-6,16-18,21-23H,7-15H2,1H3,(H,31,34)/t18-,21?,22?/m1/s1. The Morgan fingerprint density at radius 3 is 2.43 bits per heavy atom. The lowest BCUT2D eigenvalue weighted by Gasteiger charge is -2.32. The van der Waals surface area contributed by atoms with E-state index >= 15 is 0 Å². The molecular weight excluding hydrogens is 491 g/mol. The maximum absolute atomic E-state index is 14.1. The van der Waals surface area contributed by atoms with E-state index in [1.807, 2.05) is 49.0 Å². The summed E-state index contributed by atoms with van der Waals surface area (Å²) in [5.41, 5.74) is 0.587. The molecule has 7 nitrogen and oxygen atoms in total. The summed E-state index contributed by atoms with van der Waals surface area (Å²) in [6, 6.07) is 10.9. The number of amides is 1. The molecule has 1 atom stereocenters. The van der Waals surface area contributed by atoms with Gasteiger partial charge >= 0.3 is 5.69 Å². The van der Waals surface area contributed by atoms with E-state index in [2.05, 4.69) is 10.3 Å². The number of nitrogens with zero attached hydrogens (tertiary/aromatic N) is 3. The molecule has 196 valence electrons. The third-order valence-electron chi connectivity index (χ3n) is 7.77. The summed E-state index contributed by atoms with van der Waals surface area (Å²) in [5, 5.41) is 3.31. The zero-order valence-electron chi connectivity index (χ0n) is 21.1. The minimum absolute atomic E-state index is 0.0135. The van der Waals surface area contributed by atoms with Gasteiger partial charge in [0, 0.05) is 24.5 Å². The molecule has 3 aromatic rings. The van der Waals surface area contributed by atoms with E-state index in [0.29, 0.717) is 32.1 Å². The molecule has 1 amide bonds. The van der Waals surface area contributed by atoms with Crippen molar-refractivity contribution in [2.45, 2.75) is 75.9 Å². The Bertz CT molecular complexity index is 1380. The average Bonchev–Trinajstić information content (AvgIpc) is 2.91. The Balaban J connectivity index is 1.33. The number of hydrogen-bond acceptors (Lipinski definition) is 5. The van der Waals surface area contributed by atoms with Crippen molar-refractivity contribution < 1.29 is 9.18 Å². The monoisotopic (exact) mass is 524 g/mol. The van der Waals surface area contributed by atoms with Crippen LogP contribution >= 0.6 is 11.8 Å². The highest BCUT2D eigenvalue weighted by Crippen LogP contribution is 2.30. The largest absolute Gasteiger partial charge is 0.353 e. The van der Waals surface area contributed by atoms with Gasteiger partial charge in [-0.2, -0.15) is 11.8 Å². The number of benzene rings is 1. The Morgan fingerprint density at radius 1 is 1.05 bits per heavy atom. The smallest absolute Gasteiger partial charge is 0.333 e. The highest BCUT2D eigenvalue weighted by atomic mass is 32.2. The number of carbonyl (C=O) groups excluding carboxylic acids is 1. The van der Waals surface area contributed by atoms with Gasteiger partial charge in [-0.1, -0.05) is 37.3 Å². The summed E-state index contributed by atoms with van der Waals surface area (Å²) in [7, 11) is 0. The Labute approximate surface area is 219 Å². The number of nitrogens with one attached hydrogen (secondary N) is 1. The minimum atomic E-state index is -0.586. The number of hydrogen-bond donors (Lipinski definition) is 1. The maximum Gasteiger partial charge on any atom is 0.333 e. The van der Waals surface area contributed by atoms with Gasteiger partial charge in [0.2, 0.25) is 5.91 Å². The number of carbonyl (C=O) groups is 1. The van der Waals surface area contributed by atoms with E-state index in [4.69, 9.17) is 0 Å². The van der Waals surface area contributed by atoms with Gasteiger partial charge < -0.3 is 5.32 Å². The highest BCUT2D eigenvalue weighted by molar-refractivity contribution is 7.99. The van der Waals surface area contributed by atoms with E-state index in [1.54, 1.807) is 4.57 Å². The maximum atomic E-state index is 14.1. The molecule has 1 aliphatic heterocycles. The second-order valence-corrected chi connectivity index (χ2v) is 11.5. The predicted octanol–water partition coefficient (Wildman–Crippen LogP) is 4.56. The zero-order valence-corrected chi connectivity index (χ0v) is 21.9. The molecule has 3 heterocycles. The zero-order chi connectivity index (χ0) is 25.9. The summed E-state index contributed by atoms with van der Waals surface area (Å²) in [4.78, 5) is 44.0. The fourth-order valence-electron chi connectivity index (χ4n) is 5.74. The van der Waals surface area contributed by atoms with E-state index in [1.165, 1.54) is 10.6 Å². The molecule has 0 radical (unpaired) electrons. The molecular formula is C28H33FN4O3S. The van der Waals surface area contributed by atoms with Crippen molar-refractivity contribution in [1.29, 1.82) is 0 Å². The van der Waals surface area contributed by atoms with E-state index < -0.39 is 11.4 Å². The first-order valence-corrected chi connectivity index (χ1v) is 14.3. The molecule has 5 rings (SSSR count). The van der Waals surface area contributed by atoms with Gasteiger partial charge in [0.25, 0.3) is 5.56 Å². The molecule has 1 saturated carbocycles. The van der Waals surface area contributed by atoms with Gasteiger partial charge in [0.1, 0.15) is 11.5 Å². The number of pyridine rings is 1. The second-order valence-electron chi connectivity index (χ2n) is 10.3. The molecule has 0 spiro atoms. The van der Waals surface area contributed by atoms with Crippen LogP contribution in [-0.2, 0) is 4.79 Å². The fraction of sp³-hybridized carbons (Fsp3) is 0.500. The lowest BCUT2D eigenvalue weighted by molar-refractivity contribution is -0.122. The number of aromatic nitrogens is 3. The van der Waals surface area contributed by atoms with Crippen LogP contribution < -0.4 is 16.6 Å². The van der Waals surface area contributed by atoms with Crippen molar-refractivity contribution >= 4 is 28.7 Å². The lowest BCUT2D eigenvalue weighted by Crippen LogP contribution is -2.46. The summed E-state index contributed by atoms with van der Waals surface area (Å²) in [5.74, 6) is 1.43. The van der Waals surface area contributed by atoms with Crippen molar-refractivity contribution in [3.8, 4) is 0 Å². The number of halogens is 1. The average molecular weight is 525 g/mol. The van der Waals surface area contributed by atoms with Crippen molar-refractivity contribution in [3.63, 3.8) is 0 Å². The van der Waals surface area contributed by atoms with Crippen LogP contribution in [0.3, 0.4) is 0 Å². The number of fused-ring (bicyclic) bond motifs is 1. The first kappa shape index (κ1) is 25.7. The number of rotatable bonds is 6. The Kier molecular flexibility index (Phi) is 7.79. The van der Waals surface area contributed by atoms with Crippen molar-refractivity contribution in [2.24, 2.45) is 0 Å². The summed E-state index contributed by atoms with van der Waals surface area (Å²) in [6.07, 6.45) is 5.69. The molecule has 1 saturated heterocycles. The van der Waals surface area contributed by atoms with Gasteiger partial charge in [0.15, 0.2) is 0 Å². The topological polar surface area (TPSA) is 86.0 Å². The van der Waals surface area contributed by atoms with Crippen LogP contribution in [0.1, 0.15) is 75.4 Å². The van der Waals surface area contributed by atoms with Crippen LogP contribution in [0.5, 0.6) is 0 Å². The lowest BCUT2D eigenvalue weighted by atomic mass is 9.90. The van der Waals surface area contributed by atoms with Gasteiger partial charge in [-0.15, -0.1) is 0 Å². The SMILES string of the molecule is C[C@H](CC(=O)NC1CCC(n2c(=O)c3cc(F)cnc3n(C3CCSCC3)c2=O)CC1)c1ccccc1. The summed E-state index contributed by atoms with van der Waals surface area (Å²) >= 11 is 1.85. The first-order chi connectivity index (χ1) is 17.9. The van der Waals surface area contributed by atoms with Gasteiger partial charge in [-0.05, 0) is 67.6 Å². The molecule has 1 aliphatic carbocycles.